The molecule has 2 amide bonds. The number of carbonyl (C=O) groups excluding carboxylic acids is 2. The number of hydrogen-bond acceptors (Lipinski definition) is 3. The second-order valence-corrected chi connectivity index (χ2v) is 6.28. The topological polar surface area (TPSA) is 58.6 Å². The summed E-state index contributed by atoms with van der Waals surface area (Å²) in [5, 5.41) is 2.89. The first-order chi connectivity index (χ1) is 10.1. The van der Waals surface area contributed by atoms with E-state index in [2.05, 4.69) is 12.2 Å². The van der Waals surface area contributed by atoms with Crippen molar-refractivity contribution in [3.63, 3.8) is 0 Å². The highest BCUT2D eigenvalue weighted by atomic mass is 16.5. The molecule has 3 atom stereocenters. The molecule has 5 heteroatoms. The van der Waals surface area contributed by atoms with E-state index < -0.39 is 0 Å². The molecular formula is C16H28N2O3. The van der Waals surface area contributed by atoms with Crippen molar-refractivity contribution >= 4 is 11.8 Å². The standard InChI is InChI=1S/C16H28N2O3/c1-3-12(2)15-16(20)18(10-8-14(19)17-15)9-7-13-6-4-5-11-21-13/h12-13,15H,3-11H2,1-2H3,(H,17,19). The third-order valence-corrected chi connectivity index (χ3v) is 4.71. The van der Waals surface area contributed by atoms with Gasteiger partial charge in [-0.05, 0) is 31.6 Å². The Morgan fingerprint density at radius 2 is 2.19 bits per heavy atom. The number of rotatable bonds is 5. The van der Waals surface area contributed by atoms with Crippen LogP contribution in [0.5, 0.6) is 0 Å². The summed E-state index contributed by atoms with van der Waals surface area (Å²) in [5.74, 6) is 0.240. The van der Waals surface area contributed by atoms with E-state index in [0.29, 0.717) is 19.5 Å². The van der Waals surface area contributed by atoms with Crippen LogP contribution >= 0.6 is 0 Å². The number of nitrogens with zero attached hydrogens (tertiary/aromatic N) is 1. The van der Waals surface area contributed by atoms with E-state index in [-0.39, 0.29) is 29.9 Å². The molecule has 0 aromatic heterocycles. The minimum absolute atomic E-state index is 0.00920. The van der Waals surface area contributed by atoms with Crippen LogP contribution in [0.15, 0.2) is 0 Å². The van der Waals surface area contributed by atoms with Gasteiger partial charge in [0.25, 0.3) is 0 Å². The van der Waals surface area contributed by atoms with Crippen LogP contribution in [0.2, 0.25) is 0 Å². The number of ether oxygens (including phenoxy) is 1. The van der Waals surface area contributed by atoms with Crippen molar-refractivity contribution in [3.8, 4) is 0 Å². The molecule has 0 aromatic rings. The third-order valence-electron chi connectivity index (χ3n) is 4.71. The van der Waals surface area contributed by atoms with Gasteiger partial charge in [-0.2, -0.15) is 0 Å². The van der Waals surface area contributed by atoms with Gasteiger partial charge in [0.15, 0.2) is 0 Å². The Kier molecular flexibility index (Phi) is 6.03. The Hall–Kier alpha value is -1.10. The smallest absolute Gasteiger partial charge is 0.245 e. The first kappa shape index (κ1) is 16.3. The molecule has 0 bridgehead atoms. The zero-order valence-electron chi connectivity index (χ0n) is 13.3. The lowest BCUT2D eigenvalue weighted by atomic mass is 9.98. The van der Waals surface area contributed by atoms with E-state index in [0.717, 1.165) is 32.3 Å². The van der Waals surface area contributed by atoms with Gasteiger partial charge in [-0.1, -0.05) is 20.3 Å². The van der Waals surface area contributed by atoms with Gasteiger partial charge < -0.3 is 15.0 Å². The predicted molar refractivity (Wildman–Crippen MR) is 80.8 cm³/mol. The highest BCUT2D eigenvalue weighted by Gasteiger charge is 2.33. The van der Waals surface area contributed by atoms with Crippen molar-refractivity contribution < 1.29 is 14.3 Å². The van der Waals surface area contributed by atoms with Crippen LogP contribution in [0.25, 0.3) is 0 Å². The maximum absolute atomic E-state index is 12.6. The zero-order valence-corrected chi connectivity index (χ0v) is 13.3. The third kappa shape index (κ3) is 4.43. The van der Waals surface area contributed by atoms with Gasteiger partial charge in [0.05, 0.1) is 6.10 Å². The van der Waals surface area contributed by atoms with Gasteiger partial charge in [-0.25, -0.2) is 0 Å². The number of amides is 2. The quantitative estimate of drug-likeness (QED) is 0.840. The summed E-state index contributed by atoms with van der Waals surface area (Å²) in [6.45, 7) is 6.15. The van der Waals surface area contributed by atoms with Crippen molar-refractivity contribution in [3.05, 3.63) is 0 Å². The van der Waals surface area contributed by atoms with Gasteiger partial charge in [-0.3, -0.25) is 9.59 Å². The minimum atomic E-state index is -0.364. The molecule has 2 heterocycles. The Morgan fingerprint density at radius 3 is 2.86 bits per heavy atom. The average Bonchev–Trinajstić information content (AvgIpc) is 2.65. The van der Waals surface area contributed by atoms with Crippen molar-refractivity contribution in [2.45, 2.75) is 64.5 Å². The fraction of sp³-hybridized carbons (Fsp3) is 0.875. The molecular weight excluding hydrogens is 268 g/mol. The van der Waals surface area contributed by atoms with Crippen molar-refractivity contribution in [1.29, 1.82) is 0 Å². The second kappa shape index (κ2) is 7.78. The first-order valence-electron chi connectivity index (χ1n) is 8.31. The molecule has 2 fully saturated rings. The maximum Gasteiger partial charge on any atom is 0.245 e. The lowest BCUT2D eigenvalue weighted by Gasteiger charge is -2.29. The van der Waals surface area contributed by atoms with Crippen molar-refractivity contribution in [2.75, 3.05) is 19.7 Å². The summed E-state index contributed by atoms with van der Waals surface area (Å²) in [6, 6.07) is -0.364. The minimum Gasteiger partial charge on any atom is -0.378 e. The van der Waals surface area contributed by atoms with Crippen LogP contribution in [0.3, 0.4) is 0 Å². The normalized spacial score (nSPS) is 29.0. The summed E-state index contributed by atoms with van der Waals surface area (Å²) in [7, 11) is 0. The lowest BCUT2D eigenvalue weighted by Crippen LogP contribution is -2.48. The predicted octanol–water partition coefficient (Wildman–Crippen LogP) is 1.71. The van der Waals surface area contributed by atoms with Crippen LogP contribution in [-0.4, -0.2) is 48.6 Å². The van der Waals surface area contributed by atoms with Gasteiger partial charge in [0.2, 0.25) is 11.8 Å². The van der Waals surface area contributed by atoms with Crippen LogP contribution in [0.4, 0.5) is 0 Å². The van der Waals surface area contributed by atoms with Crippen molar-refractivity contribution in [1.82, 2.24) is 10.2 Å². The van der Waals surface area contributed by atoms with E-state index >= 15 is 0 Å². The van der Waals surface area contributed by atoms with E-state index in [1.54, 1.807) is 0 Å². The molecule has 0 saturated carbocycles. The number of carbonyl (C=O) groups is 2. The van der Waals surface area contributed by atoms with Crippen LogP contribution in [0, 0.1) is 5.92 Å². The molecule has 3 unspecified atom stereocenters. The number of hydrogen-bond donors (Lipinski definition) is 1. The van der Waals surface area contributed by atoms with Gasteiger partial charge in [0.1, 0.15) is 6.04 Å². The van der Waals surface area contributed by atoms with Crippen molar-refractivity contribution in [2.24, 2.45) is 5.92 Å². The molecule has 21 heavy (non-hydrogen) atoms. The fourth-order valence-corrected chi connectivity index (χ4v) is 3.03. The Balaban J connectivity index is 1.93. The molecule has 0 aliphatic carbocycles. The van der Waals surface area contributed by atoms with E-state index in [9.17, 15) is 9.59 Å². The van der Waals surface area contributed by atoms with Crippen LogP contribution in [-0.2, 0) is 14.3 Å². The molecule has 2 rings (SSSR count). The van der Waals surface area contributed by atoms with E-state index in [1.165, 1.54) is 6.42 Å². The fourth-order valence-electron chi connectivity index (χ4n) is 3.03. The molecule has 1 N–H and O–H groups in total. The average molecular weight is 296 g/mol. The molecule has 2 aliphatic rings. The first-order valence-corrected chi connectivity index (χ1v) is 8.31. The second-order valence-electron chi connectivity index (χ2n) is 6.28. The van der Waals surface area contributed by atoms with Gasteiger partial charge in [-0.15, -0.1) is 0 Å². The summed E-state index contributed by atoms with van der Waals surface area (Å²) in [5.41, 5.74) is 0. The Bertz CT molecular complexity index is 367. The highest BCUT2D eigenvalue weighted by molar-refractivity contribution is 5.90. The molecule has 5 nitrogen and oxygen atoms in total. The van der Waals surface area contributed by atoms with E-state index in [1.807, 2.05) is 11.8 Å². The van der Waals surface area contributed by atoms with Gasteiger partial charge >= 0.3 is 0 Å². The van der Waals surface area contributed by atoms with Crippen LogP contribution < -0.4 is 5.32 Å². The molecule has 0 aromatic carbocycles. The molecule has 2 saturated heterocycles. The summed E-state index contributed by atoms with van der Waals surface area (Å²) >= 11 is 0. The summed E-state index contributed by atoms with van der Waals surface area (Å²) < 4.78 is 5.73. The maximum atomic E-state index is 12.6. The molecule has 0 radical (unpaired) electrons. The SMILES string of the molecule is CCC(C)C1NC(=O)CCN(CCC2CCCCO2)C1=O. The summed E-state index contributed by atoms with van der Waals surface area (Å²) in [4.78, 5) is 26.3. The van der Waals surface area contributed by atoms with Crippen LogP contribution in [0.1, 0.15) is 52.4 Å². The summed E-state index contributed by atoms with van der Waals surface area (Å²) in [6.07, 6.45) is 5.91. The highest BCUT2D eigenvalue weighted by Crippen LogP contribution is 2.18. The lowest BCUT2D eigenvalue weighted by molar-refractivity contribution is -0.135. The molecule has 0 spiro atoms. The zero-order chi connectivity index (χ0) is 15.2. The number of nitrogens with one attached hydrogen (secondary N) is 1. The Labute approximate surface area is 127 Å². The molecule has 2 aliphatic heterocycles. The van der Waals surface area contributed by atoms with E-state index in [4.69, 9.17) is 4.74 Å². The Morgan fingerprint density at radius 1 is 1.38 bits per heavy atom. The largest absolute Gasteiger partial charge is 0.378 e. The monoisotopic (exact) mass is 296 g/mol. The molecule has 120 valence electrons. The van der Waals surface area contributed by atoms with Gasteiger partial charge in [0, 0.05) is 26.1 Å².